The maximum atomic E-state index is 11.9. The molecular weight excluding hydrogens is 264 g/mol. The van der Waals surface area contributed by atoms with E-state index in [1.165, 1.54) is 7.05 Å². The normalized spacial score (nSPS) is 11.7. The molecular formula is C8H12N4O5S. The maximum absolute atomic E-state index is 11.9. The van der Waals surface area contributed by atoms with Gasteiger partial charge in [0, 0.05) is 13.2 Å². The first-order valence-electron chi connectivity index (χ1n) is 4.72. The molecule has 1 amide bonds. The Kier molecular flexibility index (Phi) is 4.03. The van der Waals surface area contributed by atoms with E-state index in [0.29, 0.717) is 0 Å². The fraction of sp³-hybridized carbons (Fsp3) is 0.375. The Labute approximate surface area is 103 Å². The minimum atomic E-state index is -3.89. The number of hydrogen-bond acceptors (Lipinski definition) is 5. The highest BCUT2D eigenvalue weighted by Gasteiger charge is 2.24. The van der Waals surface area contributed by atoms with Gasteiger partial charge in [0.25, 0.3) is 0 Å². The number of carboxylic acid groups (broad SMARTS) is 1. The van der Waals surface area contributed by atoms with Gasteiger partial charge in [0.05, 0.1) is 12.7 Å². The quantitative estimate of drug-likeness (QED) is 0.621. The van der Waals surface area contributed by atoms with Crippen LogP contribution in [0.3, 0.4) is 0 Å². The van der Waals surface area contributed by atoms with Gasteiger partial charge in [-0.2, -0.15) is 9.40 Å². The molecule has 100 valence electrons. The molecule has 0 saturated carbocycles. The average molecular weight is 276 g/mol. The van der Waals surface area contributed by atoms with Gasteiger partial charge in [-0.1, -0.05) is 0 Å². The minimum absolute atomic E-state index is 0.201. The number of sulfonamides is 1. The first-order valence-corrected chi connectivity index (χ1v) is 6.16. The Morgan fingerprint density at radius 3 is 2.67 bits per heavy atom. The van der Waals surface area contributed by atoms with Crippen LogP contribution in [-0.2, 0) is 26.2 Å². The van der Waals surface area contributed by atoms with Gasteiger partial charge in [0.2, 0.25) is 15.9 Å². The van der Waals surface area contributed by atoms with Crippen LogP contribution in [0.15, 0.2) is 17.3 Å². The highest BCUT2D eigenvalue weighted by molar-refractivity contribution is 7.89. The van der Waals surface area contributed by atoms with Crippen LogP contribution in [0.1, 0.15) is 0 Å². The Morgan fingerprint density at radius 1 is 1.56 bits per heavy atom. The number of carbonyl (C=O) groups is 2. The summed E-state index contributed by atoms with van der Waals surface area (Å²) >= 11 is 0. The van der Waals surface area contributed by atoms with Gasteiger partial charge in [-0.15, -0.1) is 0 Å². The molecule has 0 fully saturated rings. The van der Waals surface area contributed by atoms with Crippen molar-refractivity contribution < 1.29 is 23.1 Å². The standard InChI is InChI=1S/C8H12N4O5S/c1-11(4-7(9)13)18(16,17)6-2-10-12(3-6)5-8(14)15/h2-3H,4-5H2,1H3,(H2,9,13)(H,14,15). The number of aliphatic carboxylic acids is 1. The summed E-state index contributed by atoms with van der Waals surface area (Å²) in [4.78, 5) is 20.9. The summed E-state index contributed by atoms with van der Waals surface area (Å²) in [5, 5.41) is 12.1. The number of hydrogen-bond donors (Lipinski definition) is 2. The smallest absolute Gasteiger partial charge is 0.325 e. The fourth-order valence-electron chi connectivity index (χ4n) is 1.19. The first-order chi connectivity index (χ1) is 8.23. The van der Waals surface area contributed by atoms with Crippen LogP contribution in [0.2, 0.25) is 0 Å². The van der Waals surface area contributed by atoms with Gasteiger partial charge in [-0.3, -0.25) is 14.3 Å². The van der Waals surface area contributed by atoms with Gasteiger partial charge in [-0.25, -0.2) is 8.42 Å². The SMILES string of the molecule is CN(CC(N)=O)S(=O)(=O)c1cnn(CC(=O)O)c1. The zero-order chi connectivity index (χ0) is 13.9. The van der Waals surface area contributed by atoms with E-state index in [2.05, 4.69) is 5.10 Å². The summed E-state index contributed by atoms with van der Waals surface area (Å²) in [5.74, 6) is -1.94. The Hall–Kier alpha value is -1.94. The van der Waals surface area contributed by atoms with Crippen LogP contribution >= 0.6 is 0 Å². The number of primary amides is 1. The third-order valence-electron chi connectivity index (χ3n) is 1.99. The Morgan fingerprint density at radius 2 is 2.17 bits per heavy atom. The zero-order valence-corrected chi connectivity index (χ0v) is 10.3. The largest absolute Gasteiger partial charge is 0.480 e. The van der Waals surface area contributed by atoms with E-state index in [4.69, 9.17) is 10.8 Å². The monoisotopic (exact) mass is 276 g/mol. The van der Waals surface area contributed by atoms with Crippen molar-refractivity contribution in [2.45, 2.75) is 11.4 Å². The molecule has 1 heterocycles. The van der Waals surface area contributed by atoms with Gasteiger partial charge < -0.3 is 10.8 Å². The number of carbonyl (C=O) groups excluding carboxylic acids is 1. The van der Waals surface area contributed by atoms with Gasteiger partial charge in [0.15, 0.2) is 0 Å². The van der Waals surface area contributed by atoms with Crippen molar-refractivity contribution in [1.82, 2.24) is 14.1 Å². The molecule has 0 radical (unpaired) electrons. The second kappa shape index (κ2) is 5.14. The first kappa shape index (κ1) is 14.1. The molecule has 1 rings (SSSR count). The lowest BCUT2D eigenvalue weighted by atomic mass is 10.6. The molecule has 18 heavy (non-hydrogen) atoms. The van der Waals surface area contributed by atoms with E-state index in [1.807, 2.05) is 0 Å². The van der Waals surface area contributed by atoms with E-state index >= 15 is 0 Å². The number of amides is 1. The lowest BCUT2D eigenvalue weighted by molar-refractivity contribution is -0.137. The van der Waals surface area contributed by atoms with E-state index in [1.54, 1.807) is 0 Å². The molecule has 9 nitrogen and oxygen atoms in total. The lowest BCUT2D eigenvalue weighted by Gasteiger charge is -2.13. The van der Waals surface area contributed by atoms with E-state index in [0.717, 1.165) is 21.4 Å². The summed E-state index contributed by atoms with van der Waals surface area (Å²) in [6.45, 7) is -0.915. The maximum Gasteiger partial charge on any atom is 0.325 e. The van der Waals surface area contributed by atoms with Gasteiger partial charge in [-0.05, 0) is 0 Å². The van der Waals surface area contributed by atoms with Crippen LogP contribution in [0, 0.1) is 0 Å². The zero-order valence-electron chi connectivity index (χ0n) is 9.48. The van der Waals surface area contributed by atoms with Crippen LogP contribution in [-0.4, -0.2) is 53.1 Å². The molecule has 0 saturated heterocycles. The van der Waals surface area contributed by atoms with Crippen molar-refractivity contribution in [3.63, 3.8) is 0 Å². The van der Waals surface area contributed by atoms with Gasteiger partial charge in [0.1, 0.15) is 11.4 Å². The molecule has 10 heteroatoms. The molecule has 0 spiro atoms. The number of nitrogens with zero attached hydrogens (tertiary/aromatic N) is 3. The van der Waals surface area contributed by atoms with E-state index in [9.17, 15) is 18.0 Å². The van der Waals surface area contributed by atoms with E-state index in [-0.39, 0.29) is 4.90 Å². The molecule has 0 aliphatic carbocycles. The predicted molar refractivity (Wildman–Crippen MR) is 58.9 cm³/mol. The van der Waals surface area contributed by atoms with Crippen molar-refractivity contribution in [3.05, 3.63) is 12.4 Å². The fourth-order valence-corrected chi connectivity index (χ4v) is 2.28. The molecule has 0 bridgehead atoms. The summed E-state index contributed by atoms with van der Waals surface area (Å²) in [5.41, 5.74) is 4.90. The molecule has 0 atom stereocenters. The number of aromatic nitrogens is 2. The van der Waals surface area contributed by atoms with Crippen molar-refractivity contribution in [2.24, 2.45) is 5.73 Å². The van der Waals surface area contributed by atoms with Crippen LogP contribution in [0.5, 0.6) is 0 Å². The number of rotatable bonds is 6. The summed E-state index contributed by atoms with van der Waals surface area (Å²) in [7, 11) is -2.70. The second-order valence-electron chi connectivity index (χ2n) is 3.49. The summed E-state index contributed by atoms with van der Waals surface area (Å²) in [6, 6.07) is 0. The highest BCUT2D eigenvalue weighted by atomic mass is 32.2. The van der Waals surface area contributed by atoms with E-state index < -0.39 is 35.0 Å². The molecule has 0 aliphatic rings. The number of likely N-dealkylation sites (N-methyl/N-ethyl adjacent to an activating group) is 1. The molecule has 0 unspecified atom stereocenters. The van der Waals surface area contributed by atoms with Gasteiger partial charge >= 0.3 is 5.97 Å². The third kappa shape index (κ3) is 3.28. The van der Waals surface area contributed by atoms with Crippen molar-refractivity contribution in [1.29, 1.82) is 0 Å². The van der Waals surface area contributed by atoms with Crippen molar-refractivity contribution in [2.75, 3.05) is 13.6 Å². The summed E-state index contributed by atoms with van der Waals surface area (Å²) in [6.07, 6.45) is 2.08. The number of nitrogens with two attached hydrogens (primary N) is 1. The average Bonchev–Trinajstić information content (AvgIpc) is 2.64. The molecule has 0 aromatic carbocycles. The van der Waals surface area contributed by atoms with Crippen LogP contribution in [0.4, 0.5) is 0 Å². The highest BCUT2D eigenvalue weighted by Crippen LogP contribution is 2.12. The van der Waals surface area contributed by atoms with Crippen LogP contribution < -0.4 is 5.73 Å². The molecule has 0 aliphatic heterocycles. The minimum Gasteiger partial charge on any atom is -0.480 e. The topological polar surface area (TPSA) is 136 Å². The molecule has 3 N–H and O–H groups in total. The number of carboxylic acids is 1. The van der Waals surface area contributed by atoms with Crippen molar-refractivity contribution in [3.8, 4) is 0 Å². The lowest BCUT2D eigenvalue weighted by Crippen LogP contribution is -2.35. The third-order valence-corrected chi connectivity index (χ3v) is 3.75. The molecule has 1 aromatic rings. The Balaban J connectivity index is 2.95. The van der Waals surface area contributed by atoms with Crippen LogP contribution in [0.25, 0.3) is 0 Å². The molecule has 1 aromatic heterocycles. The second-order valence-corrected chi connectivity index (χ2v) is 5.54. The van der Waals surface area contributed by atoms with Crippen molar-refractivity contribution >= 4 is 21.9 Å². The Bertz CT molecular complexity index is 564. The predicted octanol–water partition coefficient (Wildman–Crippen LogP) is -1.93. The summed E-state index contributed by atoms with van der Waals surface area (Å²) < 4.78 is 25.5.